The monoisotopic (exact) mass is 211 g/mol. The molecular formula is C14H13NO. The minimum absolute atomic E-state index is 0.993. The molecule has 1 heterocycles. The third-order valence-corrected chi connectivity index (χ3v) is 3.15. The minimum atomic E-state index is 0.993. The highest BCUT2D eigenvalue weighted by atomic mass is 16.5. The number of fused-ring (bicyclic) bond motifs is 3. The largest absolute Gasteiger partial charge is 0.496 e. The van der Waals surface area contributed by atoms with Crippen LogP contribution in [0.3, 0.4) is 0 Å². The molecule has 0 unspecified atom stereocenters. The fourth-order valence-electron chi connectivity index (χ4n) is 2.39. The van der Waals surface area contributed by atoms with E-state index in [-0.39, 0.29) is 0 Å². The average molecular weight is 211 g/mol. The lowest BCUT2D eigenvalue weighted by atomic mass is 9.88. The second kappa shape index (κ2) is 3.63. The highest BCUT2D eigenvalue weighted by Gasteiger charge is 2.19. The van der Waals surface area contributed by atoms with Gasteiger partial charge in [0, 0.05) is 23.0 Å². The Morgan fingerprint density at radius 3 is 2.81 bits per heavy atom. The molecule has 0 saturated heterocycles. The van der Waals surface area contributed by atoms with Crippen LogP contribution in [0.25, 0.3) is 11.1 Å². The molecular weight excluding hydrogens is 198 g/mol. The van der Waals surface area contributed by atoms with Crippen LogP contribution in [0.15, 0.2) is 36.5 Å². The van der Waals surface area contributed by atoms with Crippen molar-refractivity contribution in [1.29, 1.82) is 0 Å². The molecule has 0 saturated carbocycles. The number of benzene rings is 1. The van der Waals surface area contributed by atoms with Crippen LogP contribution in [0, 0.1) is 0 Å². The van der Waals surface area contributed by atoms with Crippen LogP contribution in [0.2, 0.25) is 0 Å². The molecule has 0 fully saturated rings. The van der Waals surface area contributed by atoms with E-state index in [4.69, 9.17) is 4.74 Å². The maximum absolute atomic E-state index is 5.41. The molecule has 0 radical (unpaired) electrons. The first-order valence-electron chi connectivity index (χ1n) is 5.50. The van der Waals surface area contributed by atoms with E-state index in [0.29, 0.717) is 0 Å². The Kier molecular flexibility index (Phi) is 2.13. The van der Waals surface area contributed by atoms with Crippen molar-refractivity contribution in [2.75, 3.05) is 7.11 Å². The summed E-state index contributed by atoms with van der Waals surface area (Å²) in [7, 11) is 1.73. The van der Waals surface area contributed by atoms with Gasteiger partial charge in [-0.15, -0.1) is 0 Å². The quantitative estimate of drug-likeness (QED) is 0.723. The average Bonchev–Trinajstić information content (AvgIpc) is 2.37. The van der Waals surface area contributed by atoms with Gasteiger partial charge in [0.25, 0.3) is 0 Å². The van der Waals surface area contributed by atoms with Crippen LogP contribution in [-0.4, -0.2) is 12.1 Å². The Balaban J connectivity index is 2.25. The number of pyridine rings is 1. The van der Waals surface area contributed by atoms with E-state index in [1.54, 1.807) is 7.11 Å². The Bertz CT molecular complexity index is 534. The molecule has 0 spiro atoms. The predicted molar refractivity (Wildman–Crippen MR) is 63.6 cm³/mol. The van der Waals surface area contributed by atoms with Crippen LogP contribution < -0.4 is 4.74 Å². The number of hydrogen-bond donors (Lipinski definition) is 0. The van der Waals surface area contributed by atoms with Crippen molar-refractivity contribution in [2.24, 2.45) is 0 Å². The van der Waals surface area contributed by atoms with E-state index in [9.17, 15) is 0 Å². The SMILES string of the molecule is COc1cccc2c1CCc1ncccc1-2. The van der Waals surface area contributed by atoms with Crippen LogP contribution in [0.1, 0.15) is 11.3 Å². The topological polar surface area (TPSA) is 22.1 Å². The van der Waals surface area contributed by atoms with Crippen LogP contribution in [0.4, 0.5) is 0 Å². The highest BCUT2D eigenvalue weighted by Crippen LogP contribution is 2.36. The molecule has 1 aliphatic carbocycles. The first-order valence-corrected chi connectivity index (χ1v) is 5.50. The van der Waals surface area contributed by atoms with Gasteiger partial charge in [-0.2, -0.15) is 0 Å². The number of ether oxygens (including phenoxy) is 1. The summed E-state index contributed by atoms with van der Waals surface area (Å²) in [4.78, 5) is 4.43. The molecule has 1 aromatic heterocycles. The first-order chi connectivity index (χ1) is 7.90. The lowest BCUT2D eigenvalue weighted by Gasteiger charge is -2.20. The maximum atomic E-state index is 5.41. The predicted octanol–water partition coefficient (Wildman–Crippen LogP) is 2.86. The molecule has 0 N–H and O–H groups in total. The van der Waals surface area contributed by atoms with Crippen LogP contribution in [-0.2, 0) is 12.8 Å². The number of hydrogen-bond acceptors (Lipinski definition) is 2. The van der Waals surface area contributed by atoms with Crippen molar-refractivity contribution in [2.45, 2.75) is 12.8 Å². The second-order valence-electron chi connectivity index (χ2n) is 3.98. The van der Waals surface area contributed by atoms with Gasteiger partial charge >= 0.3 is 0 Å². The van der Waals surface area contributed by atoms with Crippen molar-refractivity contribution in [1.82, 2.24) is 4.98 Å². The molecule has 80 valence electrons. The zero-order valence-corrected chi connectivity index (χ0v) is 9.23. The zero-order chi connectivity index (χ0) is 11.0. The van der Waals surface area contributed by atoms with Gasteiger partial charge in [0.05, 0.1) is 7.11 Å². The normalized spacial score (nSPS) is 12.8. The fraction of sp³-hybridized carbons (Fsp3) is 0.214. The molecule has 2 aromatic rings. The van der Waals surface area contributed by atoms with Gasteiger partial charge in [-0.25, -0.2) is 0 Å². The molecule has 0 aliphatic heterocycles. The molecule has 1 aliphatic rings. The van der Waals surface area contributed by atoms with Gasteiger partial charge < -0.3 is 4.74 Å². The molecule has 16 heavy (non-hydrogen) atoms. The van der Waals surface area contributed by atoms with Gasteiger partial charge in [0.2, 0.25) is 0 Å². The highest BCUT2D eigenvalue weighted by molar-refractivity contribution is 5.74. The number of aryl methyl sites for hydroxylation is 1. The standard InChI is InChI=1S/C14H13NO/c1-16-14-6-2-4-10-11-5-3-9-15-13(11)8-7-12(10)14/h2-6,9H,7-8H2,1H3. The fourth-order valence-corrected chi connectivity index (χ4v) is 2.39. The summed E-state index contributed by atoms with van der Waals surface area (Å²) < 4.78 is 5.41. The Morgan fingerprint density at radius 2 is 1.94 bits per heavy atom. The van der Waals surface area contributed by atoms with E-state index >= 15 is 0 Å². The Hall–Kier alpha value is -1.83. The van der Waals surface area contributed by atoms with Crippen molar-refractivity contribution in [3.63, 3.8) is 0 Å². The molecule has 0 amide bonds. The Labute approximate surface area is 94.9 Å². The lowest BCUT2D eigenvalue weighted by Crippen LogP contribution is -2.07. The van der Waals surface area contributed by atoms with Gasteiger partial charge in [0.1, 0.15) is 5.75 Å². The lowest BCUT2D eigenvalue weighted by molar-refractivity contribution is 0.409. The summed E-state index contributed by atoms with van der Waals surface area (Å²) in [5.41, 5.74) is 5.03. The molecule has 2 nitrogen and oxygen atoms in total. The summed E-state index contributed by atoms with van der Waals surface area (Å²) >= 11 is 0. The minimum Gasteiger partial charge on any atom is -0.496 e. The number of nitrogens with zero attached hydrogens (tertiary/aromatic N) is 1. The van der Waals surface area contributed by atoms with E-state index in [0.717, 1.165) is 18.6 Å². The molecule has 0 atom stereocenters. The number of methoxy groups -OCH3 is 1. The summed E-state index contributed by atoms with van der Waals surface area (Å²) in [6.07, 6.45) is 3.89. The third kappa shape index (κ3) is 1.30. The van der Waals surface area contributed by atoms with Crippen molar-refractivity contribution < 1.29 is 4.74 Å². The zero-order valence-electron chi connectivity index (χ0n) is 9.23. The molecule has 3 rings (SSSR count). The maximum Gasteiger partial charge on any atom is 0.122 e. The van der Waals surface area contributed by atoms with Crippen LogP contribution in [0.5, 0.6) is 5.75 Å². The third-order valence-electron chi connectivity index (χ3n) is 3.15. The molecule has 1 aromatic carbocycles. The number of rotatable bonds is 1. The van der Waals surface area contributed by atoms with E-state index in [1.165, 1.54) is 22.4 Å². The van der Waals surface area contributed by atoms with Crippen LogP contribution >= 0.6 is 0 Å². The van der Waals surface area contributed by atoms with Crippen molar-refractivity contribution in [3.8, 4) is 16.9 Å². The van der Waals surface area contributed by atoms with Gasteiger partial charge in [-0.05, 0) is 30.5 Å². The summed E-state index contributed by atoms with van der Waals surface area (Å²) in [5.74, 6) is 0.993. The van der Waals surface area contributed by atoms with E-state index < -0.39 is 0 Å². The van der Waals surface area contributed by atoms with Crippen molar-refractivity contribution >= 4 is 0 Å². The van der Waals surface area contributed by atoms with E-state index in [2.05, 4.69) is 17.1 Å². The molecule has 0 bridgehead atoms. The summed E-state index contributed by atoms with van der Waals surface area (Å²) in [6.45, 7) is 0. The summed E-state index contributed by atoms with van der Waals surface area (Å²) in [5, 5.41) is 0. The smallest absolute Gasteiger partial charge is 0.122 e. The van der Waals surface area contributed by atoms with Gasteiger partial charge in [-0.1, -0.05) is 18.2 Å². The van der Waals surface area contributed by atoms with Gasteiger partial charge in [-0.3, -0.25) is 4.98 Å². The number of aromatic nitrogens is 1. The molecule has 2 heteroatoms. The van der Waals surface area contributed by atoms with Gasteiger partial charge in [0.15, 0.2) is 0 Å². The Morgan fingerprint density at radius 1 is 1.06 bits per heavy atom. The van der Waals surface area contributed by atoms with Crippen molar-refractivity contribution in [3.05, 3.63) is 47.8 Å². The second-order valence-corrected chi connectivity index (χ2v) is 3.98. The van der Waals surface area contributed by atoms with E-state index in [1.807, 2.05) is 24.4 Å². The first kappa shape index (κ1) is 9.40. The summed E-state index contributed by atoms with van der Waals surface area (Å²) in [6, 6.07) is 10.4.